The molecule has 1 aromatic carbocycles. The molecular weight excluding hydrogens is 296 g/mol. The van der Waals surface area contributed by atoms with Crippen molar-refractivity contribution in [3.05, 3.63) is 41.4 Å². The van der Waals surface area contributed by atoms with Crippen molar-refractivity contribution in [3.63, 3.8) is 0 Å². The first kappa shape index (κ1) is 12.8. The molecule has 0 radical (unpaired) electrons. The van der Waals surface area contributed by atoms with Crippen molar-refractivity contribution < 1.29 is 4.79 Å². The molecule has 0 fully saturated rings. The van der Waals surface area contributed by atoms with Crippen LogP contribution in [0.1, 0.15) is 6.92 Å². The van der Waals surface area contributed by atoms with Gasteiger partial charge in [0.05, 0.1) is 18.2 Å². The Morgan fingerprint density at radius 1 is 1.50 bits per heavy atom. The predicted molar refractivity (Wildman–Crippen MR) is 72.0 cm³/mol. The Hall–Kier alpha value is -1.69. The number of nitrogens with one attached hydrogen (secondary N) is 1. The standard InChI is InChI=1S/C12H13BrN4O/c1-9(6-17-8-14-7-15-17)12(18)16-11-5-3-2-4-10(11)13/h2-5,7-9H,6H2,1H3,(H,16,18). The predicted octanol–water partition coefficient (Wildman–Crippen LogP) is 2.32. The van der Waals surface area contributed by atoms with E-state index in [4.69, 9.17) is 0 Å². The molecule has 0 aliphatic carbocycles. The minimum atomic E-state index is -0.182. The van der Waals surface area contributed by atoms with Gasteiger partial charge in [-0.25, -0.2) is 4.98 Å². The SMILES string of the molecule is CC(Cn1cncn1)C(=O)Nc1ccccc1Br. The third kappa shape index (κ3) is 3.16. The average molecular weight is 309 g/mol. The average Bonchev–Trinajstić information content (AvgIpc) is 2.84. The molecule has 2 aromatic rings. The molecule has 94 valence electrons. The second-order valence-electron chi connectivity index (χ2n) is 3.99. The van der Waals surface area contributed by atoms with Gasteiger partial charge in [0.25, 0.3) is 0 Å². The van der Waals surface area contributed by atoms with Crippen LogP contribution < -0.4 is 5.32 Å². The summed E-state index contributed by atoms with van der Waals surface area (Å²) in [5.41, 5.74) is 0.771. The van der Waals surface area contributed by atoms with Crippen LogP contribution in [0.15, 0.2) is 41.4 Å². The van der Waals surface area contributed by atoms with Gasteiger partial charge >= 0.3 is 0 Å². The van der Waals surface area contributed by atoms with Gasteiger partial charge in [0.1, 0.15) is 12.7 Å². The van der Waals surface area contributed by atoms with Crippen LogP contribution in [0.25, 0.3) is 0 Å². The lowest BCUT2D eigenvalue weighted by atomic mass is 10.1. The fourth-order valence-electron chi connectivity index (χ4n) is 1.51. The van der Waals surface area contributed by atoms with Crippen molar-refractivity contribution in [1.29, 1.82) is 0 Å². The largest absolute Gasteiger partial charge is 0.325 e. The summed E-state index contributed by atoms with van der Waals surface area (Å²) < 4.78 is 2.51. The Labute approximate surface area is 113 Å². The molecule has 0 aliphatic heterocycles. The molecule has 1 N–H and O–H groups in total. The van der Waals surface area contributed by atoms with Gasteiger partial charge in [-0.2, -0.15) is 5.10 Å². The highest BCUT2D eigenvalue weighted by atomic mass is 79.9. The molecule has 0 saturated carbocycles. The molecule has 0 aliphatic rings. The molecule has 5 nitrogen and oxygen atoms in total. The van der Waals surface area contributed by atoms with E-state index in [2.05, 4.69) is 31.3 Å². The van der Waals surface area contributed by atoms with E-state index >= 15 is 0 Å². The van der Waals surface area contributed by atoms with Crippen molar-refractivity contribution in [1.82, 2.24) is 14.8 Å². The van der Waals surface area contributed by atoms with Crippen LogP contribution in [0.4, 0.5) is 5.69 Å². The molecule has 1 heterocycles. The van der Waals surface area contributed by atoms with Crippen LogP contribution in [-0.4, -0.2) is 20.7 Å². The second kappa shape index (κ2) is 5.77. The summed E-state index contributed by atoms with van der Waals surface area (Å²) in [5, 5.41) is 6.85. The summed E-state index contributed by atoms with van der Waals surface area (Å²) in [6.07, 6.45) is 3.06. The zero-order valence-electron chi connectivity index (χ0n) is 9.88. The number of amides is 1. The minimum absolute atomic E-state index is 0.0441. The van der Waals surface area contributed by atoms with Crippen LogP contribution in [0.5, 0.6) is 0 Å². The summed E-state index contributed by atoms with van der Waals surface area (Å²) in [6, 6.07) is 7.52. The van der Waals surface area contributed by atoms with Gasteiger partial charge in [0.15, 0.2) is 0 Å². The third-order valence-corrected chi connectivity index (χ3v) is 3.20. The topological polar surface area (TPSA) is 59.8 Å². The highest BCUT2D eigenvalue weighted by Gasteiger charge is 2.14. The zero-order valence-corrected chi connectivity index (χ0v) is 11.5. The van der Waals surface area contributed by atoms with Crippen molar-refractivity contribution in [3.8, 4) is 0 Å². The number of halogens is 1. The molecular formula is C12H13BrN4O. The van der Waals surface area contributed by atoms with Crippen LogP contribution in [0.2, 0.25) is 0 Å². The van der Waals surface area contributed by atoms with Gasteiger partial charge in [-0.05, 0) is 28.1 Å². The summed E-state index contributed by atoms with van der Waals surface area (Å²) in [7, 11) is 0. The lowest BCUT2D eigenvalue weighted by Crippen LogP contribution is -2.24. The van der Waals surface area contributed by atoms with Crippen LogP contribution in [0.3, 0.4) is 0 Å². The van der Waals surface area contributed by atoms with Gasteiger partial charge in [-0.15, -0.1) is 0 Å². The lowest BCUT2D eigenvalue weighted by Gasteiger charge is -2.12. The Morgan fingerprint density at radius 3 is 2.94 bits per heavy atom. The number of nitrogens with zero attached hydrogens (tertiary/aromatic N) is 3. The molecule has 1 aromatic heterocycles. The minimum Gasteiger partial charge on any atom is -0.325 e. The molecule has 1 atom stereocenters. The van der Waals surface area contributed by atoms with E-state index in [9.17, 15) is 4.79 Å². The molecule has 0 saturated heterocycles. The highest BCUT2D eigenvalue weighted by molar-refractivity contribution is 9.10. The number of carbonyl (C=O) groups excluding carboxylic acids is 1. The number of aromatic nitrogens is 3. The van der Waals surface area contributed by atoms with Crippen LogP contribution in [-0.2, 0) is 11.3 Å². The van der Waals surface area contributed by atoms with Crippen LogP contribution >= 0.6 is 15.9 Å². The Kier molecular flexibility index (Phi) is 4.09. The number of hydrogen-bond acceptors (Lipinski definition) is 3. The summed E-state index contributed by atoms with van der Waals surface area (Å²) in [5.74, 6) is -0.226. The Balaban J connectivity index is 1.98. The maximum Gasteiger partial charge on any atom is 0.229 e. The molecule has 0 spiro atoms. The van der Waals surface area contributed by atoms with E-state index in [1.807, 2.05) is 31.2 Å². The molecule has 2 rings (SSSR count). The maximum absolute atomic E-state index is 12.0. The number of benzene rings is 1. The number of para-hydroxylation sites is 1. The van der Waals surface area contributed by atoms with E-state index < -0.39 is 0 Å². The van der Waals surface area contributed by atoms with Crippen molar-refractivity contribution >= 4 is 27.5 Å². The quantitative estimate of drug-likeness (QED) is 0.943. The normalized spacial score (nSPS) is 12.1. The van der Waals surface area contributed by atoms with Gasteiger partial charge in [0, 0.05) is 4.47 Å². The summed E-state index contributed by atoms with van der Waals surface area (Å²) >= 11 is 3.39. The summed E-state index contributed by atoms with van der Waals surface area (Å²) in [4.78, 5) is 15.8. The van der Waals surface area contributed by atoms with Gasteiger partial charge in [0.2, 0.25) is 5.91 Å². The fraction of sp³-hybridized carbons (Fsp3) is 0.250. The van der Waals surface area contributed by atoms with E-state index in [0.717, 1.165) is 10.2 Å². The maximum atomic E-state index is 12.0. The first-order valence-electron chi connectivity index (χ1n) is 5.54. The fourth-order valence-corrected chi connectivity index (χ4v) is 1.89. The van der Waals surface area contributed by atoms with Crippen LogP contribution in [0, 0.1) is 5.92 Å². The molecule has 0 bridgehead atoms. The molecule has 6 heteroatoms. The molecule has 1 amide bonds. The zero-order chi connectivity index (χ0) is 13.0. The molecule has 1 unspecified atom stereocenters. The van der Waals surface area contributed by atoms with Crippen molar-refractivity contribution in [2.75, 3.05) is 5.32 Å². The van der Waals surface area contributed by atoms with E-state index in [1.165, 1.54) is 6.33 Å². The Bertz CT molecular complexity index is 527. The van der Waals surface area contributed by atoms with E-state index in [-0.39, 0.29) is 11.8 Å². The van der Waals surface area contributed by atoms with E-state index in [1.54, 1.807) is 11.0 Å². The number of anilines is 1. The highest BCUT2D eigenvalue weighted by Crippen LogP contribution is 2.21. The van der Waals surface area contributed by atoms with Gasteiger partial charge in [-0.1, -0.05) is 19.1 Å². The van der Waals surface area contributed by atoms with Gasteiger partial charge in [-0.3, -0.25) is 9.48 Å². The van der Waals surface area contributed by atoms with E-state index in [0.29, 0.717) is 6.54 Å². The smallest absolute Gasteiger partial charge is 0.229 e. The number of carbonyl (C=O) groups is 1. The lowest BCUT2D eigenvalue weighted by molar-refractivity contribution is -0.119. The summed E-state index contributed by atoms with van der Waals surface area (Å²) in [6.45, 7) is 2.37. The monoisotopic (exact) mass is 308 g/mol. The Morgan fingerprint density at radius 2 is 2.28 bits per heavy atom. The van der Waals surface area contributed by atoms with Crippen molar-refractivity contribution in [2.24, 2.45) is 5.92 Å². The number of rotatable bonds is 4. The molecule has 18 heavy (non-hydrogen) atoms. The number of hydrogen-bond donors (Lipinski definition) is 1. The van der Waals surface area contributed by atoms with Crippen molar-refractivity contribution in [2.45, 2.75) is 13.5 Å². The first-order valence-corrected chi connectivity index (χ1v) is 6.34. The first-order chi connectivity index (χ1) is 8.66. The second-order valence-corrected chi connectivity index (χ2v) is 4.84. The van der Waals surface area contributed by atoms with Gasteiger partial charge < -0.3 is 5.32 Å². The third-order valence-electron chi connectivity index (χ3n) is 2.51.